The summed E-state index contributed by atoms with van der Waals surface area (Å²) in [4.78, 5) is 0. The van der Waals surface area contributed by atoms with E-state index in [0.29, 0.717) is 11.6 Å². The molecule has 0 aliphatic carbocycles. The van der Waals surface area contributed by atoms with Crippen molar-refractivity contribution in [3.05, 3.63) is 40.4 Å². The number of halogens is 2. The first-order chi connectivity index (χ1) is 7.65. The van der Waals surface area contributed by atoms with Crippen LogP contribution in [-0.4, -0.2) is 10.9 Å². The van der Waals surface area contributed by atoms with Crippen molar-refractivity contribution in [2.24, 2.45) is 10.2 Å². The fraction of sp³-hybridized carbons (Fsp3) is 0.167. The molecule has 0 fully saturated rings. The SMILES string of the molecule is CC1=NN=C(Cl)C/C1=C\c1ccc(Cl)cc1. The number of nitrogens with zero attached hydrogens (tertiary/aromatic N) is 2. The largest absolute Gasteiger partial charge is 0.154 e. The molecule has 0 bridgehead atoms. The lowest BCUT2D eigenvalue weighted by molar-refractivity contribution is 1.17. The van der Waals surface area contributed by atoms with Gasteiger partial charge in [-0.2, -0.15) is 5.10 Å². The van der Waals surface area contributed by atoms with E-state index < -0.39 is 0 Å². The van der Waals surface area contributed by atoms with E-state index in [0.717, 1.165) is 21.9 Å². The predicted octanol–water partition coefficient (Wildman–Crippen LogP) is 4.14. The van der Waals surface area contributed by atoms with E-state index in [4.69, 9.17) is 23.2 Å². The van der Waals surface area contributed by atoms with Crippen molar-refractivity contribution in [1.29, 1.82) is 0 Å². The number of allylic oxidation sites excluding steroid dienone is 1. The van der Waals surface area contributed by atoms with Crippen LogP contribution in [0.5, 0.6) is 0 Å². The van der Waals surface area contributed by atoms with Crippen LogP contribution in [-0.2, 0) is 0 Å². The zero-order chi connectivity index (χ0) is 11.5. The minimum atomic E-state index is 0.519. The lowest BCUT2D eigenvalue weighted by Gasteiger charge is -2.09. The monoisotopic (exact) mass is 252 g/mol. The van der Waals surface area contributed by atoms with Gasteiger partial charge < -0.3 is 0 Å². The third-order valence-electron chi connectivity index (χ3n) is 2.32. The van der Waals surface area contributed by atoms with Gasteiger partial charge in [0.1, 0.15) is 5.17 Å². The lowest BCUT2D eigenvalue weighted by atomic mass is 10.0. The van der Waals surface area contributed by atoms with Gasteiger partial charge in [-0.3, -0.25) is 0 Å². The second-order valence-corrected chi connectivity index (χ2v) is 4.43. The topological polar surface area (TPSA) is 24.7 Å². The molecule has 0 atom stereocenters. The predicted molar refractivity (Wildman–Crippen MR) is 70.4 cm³/mol. The van der Waals surface area contributed by atoms with Crippen LogP contribution in [0.4, 0.5) is 0 Å². The summed E-state index contributed by atoms with van der Waals surface area (Å²) in [5.74, 6) is 0. The van der Waals surface area contributed by atoms with E-state index in [1.165, 1.54) is 0 Å². The van der Waals surface area contributed by atoms with Crippen LogP contribution in [0.3, 0.4) is 0 Å². The molecule has 82 valence electrons. The van der Waals surface area contributed by atoms with E-state index in [9.17, 15) is 0 Å². The van der Waals surface area contributed by atoms with Crippen LogP contribution in [0.25, 0.3) is 6.08 Å². The highest BCUT2D eigenvalue weighted by atomic mass is 35.5. The first-order valence-corrected chi connectivity index (χ1v) is 5.64. The second-order valence-electron chi connectivity index (χ2n) is 3.56. The molecule has 0 saturated heterocycles. The van der Waals surface area contributed by atoms with Gasteiger partial charge in [-0.15, -0.1) is 5.10 Å². The summed E-state index contributed by atoms with van der Waals surface area (Å²) in [6, 6.07) is 7.64. The summed E-state index contributed by atoms with van der Waals surface area (Å²) in [6.45, 7) is 1.93. The average Bonchev–Trinajstić information content (AvgIpc) is 2.27. The van der Waals surface area contributed by atoms with Gasteiger partial charge in [0.2, 0.25) is 0 Å². The van der Waals surface area contributed by atoms with Crippen molar-refractivity contribution in [2.75, 3.05) is 0 Å². The molecule has 4 heteroatoms. The molecule has 1 aliphatic rings. The van der Waals surface area contributed by atoms with Gasteiger partial charge in [0.05, 0.1) is 5.71 Å². The molecular formula is C12H10Cl2N2. The summed E-state index contributed by atoms with van der Waals surface area (Å²) in [6.07, 6.45) is 2.69. The van der Waals surface area contributed by atoms with Gasteiger partial charge in [-0.25, -0.2) is 0 Å². The molecule has 0 saturated carbocycles. The van der Waals surface area contributed by atoms with Gasteiger partial charge >= 0.3 is 0 Å². The summed E-state index contributed by atoms with van der Waals surface area (Å²) in [7, 11) is 0. The van der Waals surface area contributed by atoms with Crippen molar-refractivity contribution in [1.82, 2.24) is 0 Å². The van der Waals surface area contributed by atoms with E-state index in [1.54, 1.807) is 0 Å². The number of hydrogen-bond donors (Lipinski definition) is 0. The number of rotatable bonds is 1. The van der Waals surface area contributed by atoms with Crippen LogP contribution in [0, 0.1) is 0 Å². The minimum absolute atomic E-state index is 0.519. The molecule has 1 aromatic carbocycles. The number of hydrogen-bond acceptors (Lipinski definition) is 2. The molecule has 1 heterocycles. The van der Waals surface area contributed by atoms with Gasteiger partial charge in [-0.1, -0.05) is 35.3 Å². The van der Waals surface area contributed by atoms with Crippen LogP contribution >= 0.6 is 23.2 Å². The van der Waals surface area contributed by atoms with Crippen molar-refractivity contribution in [3.8, 4) is 0 Å². The fourth-order valence-electron chi connectivity index (χ4n) is 1.43. The van der Waals surface area contributed by atoms with Crippen molar-refractivity contribution in [2.45, 2.75) is 13.3 Å². The Hall–Kier alpha value is -1.12. The van der Waals surface area contributed by atoms with Crippen molar-refractivity contribution in [3.63, 3.8) is 0 Å². The van der Waals surface area contributed by atoms with E-state index in [1.807, 2.05) is 37.3 Å². The summed E-state index contributed by atoms with van der Waals surface area (Å²) in [5.41, 5.74) is 3.07. The molecular weight excluding hydrogens is 243 g/mol. The first-order valence-electron chi connectivity index (χ1n) is 4.88. The Balaban J connectivity index is 2.28. The van der Waals surface area contributed by atoms with Gasteiger partial charge in [0.25, 0.3) is 0 Å². The Bertz CT molecular complexity index is 484. The van der Waals surface area contributed by atoms with Gasteiger partial charge in [0, 0.05) is 11.4 Å². The average molecular weight is 253 g/mol. The van der Waals surface area contributed by atoms with E-state index >= 15 is 0 Å². The highest BCUT2D eigenvalue weighted by Gasteiger charge is 2.10. The smallest absolute Gasteiger partial charge is 0.133 e. The van der Waals surface area contributed by atoms with E-state index in [2.05, 4.69) is 10.2 Å². The molecule has 16 heavy (non-hydrogen) atoms. The van der Waals surface area contributed by atoms with Gasteiger partial charge in [-0.05, 0) is 36.3 Å². The fourth-order valence-corrected chi connectivity index (χ4v) is 1.74. The molecule has 0 unspecified atom stereocenters. The minimum Gasteiger partial charge on any atom is -0.154 e. The van der Waals surface area contributed by atoms with Crippen molar-refractivity contribution >= 4 is 40.2 Å². The summed E-state index contributed by atoms with van der Waals surface area (Å²) >= 11 is 11.7. The molecule has 1 aliphatic heterocycles. The Kier molecular flexibility index (Phi) is 3.42. The highest BCUT2D eigenvalue weighted by molar-refractivity contribution is 6.66. The van der Waals surface area contributed by atoms with Crippen molar-refractivity contribution < 1.29 is 0 Å². The van der Waals surface area contributed by atoms with Crippen LogP contribution in [0.1, 0.15) is 18.9 Å². The lowest BCUT2D eigenvalue weighted by Crippen LogP contribution is -2.06. The molecule has 1 aromatic rings. The van der Waals surface area contributed by atoms with Crippen LogP contribution in [0.15, 0.2) is 40.0 Å². The number of benzene rings is 1. The normalized spacial score (nSPS) is 18.3. The molecule has 2 rings (SSSR count). The Morgan fingerprint density at radius 1 is 1.12 bits per heavy atom. The molecule has 0 aromatic heterocycles. The standard InChI is InChI=1S/C12H10Cl2N2/c1-8-10(7-12(14)16-15-8)6-9-2-4-11(13)5-3-9/h2-6H,7H2,1H3/b10-6+. The third-order valence-corrected chi connectivity index (χ3v) is 2.78. The molecule has 0 radical (unpaired) electrons. The van der Waals surface area contributed by atoms with Crippen LogP contribution in [0.2, 0.25) is 5.02 Å². The third kappa shape index (κ3) is 2.71. The highest BCUT2D eigenvalue weighted by Crippen LogP contribution is 2.19. The maximum atomic E-state index is 5.85. The van der Waals surface area contributed by atoms with E-state index in [-0.39, 0.29) is 0 Å². The second kappa shape index (κ2) is 4.81. The zero-order valence-electron chi connectivity index (χ0n) is 8.74. The molecule has 2 nitrogen and oxygen atoms in total. The summed E-state index contributed by atoms with van der Waals surface area (Å²) in [5, 5.41) is 9.06. The summed E-state index contributed by atoms with van der Waals surface area (Å²) < 4.78 is 0. The molecule has 0 spiro atoms. The molecule has 0 N–H and O–H groups in total. The first kappa shape index (κ1) is 11.4. The Morgan fingerprint density at radius 2 is 1.81 bits per heavy atom. The van der Waals surface area contributed by atoms with Crippen LogP contribution < -0.4 is 0 Å². The maximum absolute atomic E-state index is 5.85. The Labute approximate surface area is 104 Å². The van der Waals surface area contributed by atoms with Gasteiger partial charge in [0.15, 0.2) is 0 Å². The Morgan fingerprint density at radius 3 is 2.50 bits per heavy atom. The maximum Gasteiger partial charge on any atom is 0.133 e. The quantitative estimate of drug-likeness (QED) is 0.718. The zero-order valence-corrected chi connectivity index (χ0v) is 10.3. The molecule has 0 amide bonds.